The molecule has 0 saturated carbocycles. The van der Waals surface area contributed by atoms with Gasteiger partial charge in [-0.1, -0.05) is 30.3 Å². The summed E-state index contributed by atoms with van der Waals surface area (Å²) in [5, 5.41) is 8.78. The van der Waals surface area contributed by atoms with E-state index in [4.69, 9.17) is 14.6 Å². The summed E-state index contributed by atoms with van der Waals surface area (Å²) in [7, 11) is 1.62. The summed E-state index contributed by atoms with van der Waals surface area (Å²) in [6, 6.07) is 14.7. The lowest BCUT2D eigenvalue weighted by Crippen LogP contribution is -2.01. The van der Waals surface area contributed by atoms with Crippen LogP contribution in [-0.2, 0) is 17.8 Å². The van der Waals surface area contributed by atoms with E-state index in [1.165, 1.54) is 0 Å². The number of hydrogen-bond acceptors (Lipinski definition) is 3. The SMILES string of the molecule is COc1ccccc1COc1cccc(CC(=O)O)c1. The minimum Gasteiger partial charge on any atom is -0.496 e. The zero-order valence-corrected chi connectivity index (χ0v) is 11.2. The number of carboxylic acids is 1. The summed E-state index contributed by atoms with van der Waals surface area (Å²) >= 11 is 0. The molecule has 0 bridgehead atoms. The number of methoxy groups -OCH3 is 1. The zero-order valence-electron chi connectivity index (χ0n) is 11.2. The van der Waals surface area contributed by atoms with Gasteiger partial charge in [-0.3, -0.25) is 4.79 Å². The van der Waals surface area contributed by atoms with E-state index >= 15 is 0 Å². The summed E-state index contributed by atoms with van der Waals surface area (Å²) in [6.45, 7) is 0.376. The third-order valence-corrected chi connectivity index (χ3v) is 2.84. The third kappa shape index (κ3) is 3.75. The summed E-state index contributed by atoms with van der Waals surface area (Å²) in [5.41, 5.74) is 1.66. The van der Waals surface area contributed by atoms with Crippen LogP contribution in [0.25, 0.3) is 0 Å². The number of aliphatic carboxylic acids is 1. The largest absolute Gasteiger partial charge is 0.496 e. The summed E-state index contributed by atoms with van der Waals surface area (Å²) in [4.78, 5) is 10.7. The number of rotatable bonds is 6. The molecule has 0 saturated heterocycles. The maximum Gasteiger partial charge on any atom is 0.307 e. The van der Waals surface area contributed by atoms with Gasteiger partial charge in [-0.25, -0.2) is 0 Å². The molecule has 0 amide bonds. The average Bonchev–Trinajstić information content (AvgIpc) is 2.45. The molecule has 2 aromatic rings. The Morgan fingerprint density at radius 2 is 1.95 bits per heavy atom. The van der Waals surface area contributed by atoms with Gasteiger partial charge < -0.3 is 14.6 Å². The maximum absolute atomic E-state index is 10.7. The zero-order chi connectivity index (χ0) is 14.4. The normalized spacial score (nSPS) is 10.1. The predicted molar refractivity (Wildman–Crippen MR) is 75.1 cm³/mol. The topological polar surface area (TPSA) is 55.8 Å². The molecule has 0 aromatic heterocycles. The van der Waals surface area contributed by atoms with Gasteiger partial charge in [-0.05, 0) is 23.8 Å². The van der Waals surface area contributed by atoms with E-state index in [-0.39, 0.29) is 6.42 Å². The lowest BCUT2D eigenvalue weighted by molar-refractivity contribution is -0.136. The van der Waals surface area contributed by atoms with Crippen LogP contribution in [0.2, 0.25) is 0 Å². The molecular weight excluding hydrogens is 256 g/mol. The van der Waals surface area contributed by atoms with Gasteiger partial charge in [-0.2, -0.15) is 0 Å². The Hall–Kier alpha value is -2.49. The molecule has 0 radical (unpaired) electrons. The van der Waals surface area contributed by atoms with Crippen molar-refractivity contribution in [3.63, 3.8) is 0 Å². The molecule has 0 atom stereocenters. The first kappa shape index (κ1) is 13.9. The fourth-order valence-electron chi connectivity index (χ4n) is 1.90. The van der Waals surface area contributed by atoms with Gasteiger partial charge in [0.05, 0.1) is 13.5 Å². The number of carbonyl (C=O) groups is 1. The van der Waals surface area contributed by atoms with Crippen LogP contribution in [0, 0.1) is 0 Å². The molecule has 0 fully saturated rings. The van der Waals surface area contributed by atoms with Gasteiger partial charge >= 0.3 is 5.97 Å². The number of hydrogen-bond donors (Lipinski definition) is 1. The number of para-hydroxylation sites is 1. The van der Waals surface area contributed by atoms with Gasteiger partial charge in [0.1, 0.15) is 18.1 Å². The second kappa shape index (κ2) is 6.61. The van der Waals surface area contributed by atoms with Crippen LogP contribution < -0.4 is 9.47 Å². The molecule has 20 heavy (non-hydrogen) atoms. The third-order valence-electron chi connectivity index (χ3n) is 2.84. The van der Waals surface area contributed by atoms with Crippen molar-refractivity contribution in [2.24, 2.45) is 0 Å². The quantitative estimate of drug-likeness (QED) is 0.878. The highest BCUT2D eigenvalue weighted by Crippen LogP contribution is 2.21. The predicted octanol–water partition coefficient (Wildman–Crippen LogP) is 2.90. The monoisotopic (exact) mass is 272 g/mol. The minimum atomic E-state index is -0.855. The molecule has 2 rings (SSSR count). The number of benzene rings is 2. The first-order valence-electron chi connectivity index (χ1n) is 6.24. The highest BCUT2D eigenvalue weighted by atomic mass is 16.5. The Bertz CT molecular complexity index is 593. The van der Waals surface area contributed by atoms with E-state index in [2.05, 4.69) is 0 Å². The van der Waals surface area contributed by atoms with E-state index in [9.17, 15) is 4.79 Å². The van der Waals surface area contributed by atoms with Crippen molar-refractivity contribution in [1.82, 2.24) is 0 Å². The molecular formula is C16H16O4. The fraction of sp³-hybridized carbons (Fsp3) is 0.188. The van der Waals surface area contributed by atoms with Crippen molar-refractivity contribution in [3.05, 3.63) is 59.7 Å². The Labute approximate surface area is 117 Å². The van der Waals surface area contributed by atoms with Gasteiger partial charge in [0.25, 0.3) is 0 Å². The number of carboxylic acid groups (broad SMARTS) is 1. The molecule has 0 heterocycles. The van der Waals surface area contributed by atoms with Gasteiger partial charge in [0, 0.05) is 5.56 Å². The van der Waals surface area contributed by atoms with Crippen molar-refractivity contribution < 1.29 is 19.4 Å². The molecule has 0 spiro atoms. The molecule has 0 aliphatic carbocycles. The molecule has 4 heteroatoms. The molecule has 0 aliphatic rings. The lowest BCUT2D eigenvalue weighted by Gasteiger charge is -2.10. The molecule has 0 unspecified atom stereocenters. The fourth-order valence-corrected chi connectivity index (χ4v) is 1.90. The van der Waals surface area contributed by atoms with Gasteiger partial charge in [0.2, 0.25) is 0 Å². The summed E-state index contributed by atoms with van der Waals surface area (Å²) in [6.07, 6.45) is -0.00808. The van der Waals surface area contributed by atoms with Crippen LogP contribution in [0.15, 0.2) is 48.5 Å². The second-order valence-electron chi connectivity index (χ2n) is 4.32. The van der Waals surface area contributed by atoms with E-state index in [0.29, 0.717) is 12.4 Å². The van der Waals surface area contributed by atoms with Crippen LogP contribution in [0.3, 0.4) is 0 Å². The Balaban J connectivity index is 2.05. The van der Waals surface area contributed by atoms with Crippen molar-refractivity contribution in [2.75, 3.05) is 7.11 Å². The van der Waals surface area contributed by atoms with Crippen molar-refractivity contribution in [2.45, 2.75) is 13.0 Å². The Kier molecular flexibility index (Phi) is 4.60. The van der Waals surface area contributed by atoms with Gasteiger partial charge in [-0.15, -0.1) is 0 Å². The van der Waals surface area contributed by atoms with Gasteiger partial charge in [0.15, 0.2) is 0 Å². The molecule has 1 N–H and O–H groups in total. The Morgan fingerprint density at radius 1 is 1.15 bits per heavy atom. The molecule has 4 nitrogen and oxygen atoms in total. The average molecular weight is 272 g/mol. The van der Waals surface area contributed by atoms with Crippen LogP contribution in [0.4, 0.5) is 0 Å². The highest BCUT2D eigenvalue weighted by Gasteiger charge is 2.05. The number of ether oxygens (including phenoxy) is 2. The Morgan fingerprint density at radius 3 is 2.70 bits per heavy atom. The smallest absolute Gasteiger partial charge is 0.307 e. The van der Waals surface area contributed by atoms with Crippen molar-refractivity contribution in [1.29, 1.82) is 0 Å². The minimum absolute atomic E-state index is 0.00808. The van der Waals surface area contributed by atoms with Crippen LogP contribution >= 0.6 is 0 Å². The van der Waals surface area contributed by atoms with E-state index < -0.39 is 5.97 Å². The van der Waals surface area contributed by atoms with E-state index in [1.54, 1.807) is 31.4 Å². The van der Waals surface area contributed by atoms with Crippen LogP contribution in [0.5, 0.6) is 11.5 Å². The second-order valence-corrected chi connectivity index (χ2v) is 4.32. The molecule has 104 valence electrons. The first-order chi connectivity index (χ1) is 9.69. The molecule has 2 aromatic carbocycles. The summed E-state index contributed by atoms with van der Waals surface area (Å²) in [5.74, 6) is 0.565. The lowest BCUT2D eigenvalue weighted by atomic mass is 10.1. The summed E-state index contributed by atoms with van der Waals surface area (Å²) < 4.78 is 10.9. The van der Waals surface area contributed by atoms with Crippen molar-refractivity contribution >= 4 is 5.97 Å². The first-order valence-corrected chi connectivity index (χ1v) is 6.24. The van der Waals surface area contributed by atoms with Crippen LogP contribution in [-0.4, -0.2) is 18.2 Å². The van der Waals surface area contributed by atoms with E-state index in [1.807, 2.05) is 24.3 Å². The van der Waals surface area contributed by atoms with E-state index in [0.717, 1.165) is 16.9 Å². The maximum atomic E-state index is 10.7. The molecule has 0 aliphatic heterocycles. The standard InChI is InChI=1S/C16H16O4/c1-19-15-8-3-2-6-13(15)11-20-14-7-4-5-12(9-14)10-16(17)18/h2-9H,10-11H2,1H3,(H,17,18). The van der Waals surface area contributed by atoms with Crippen LogP contribution in [0.1, 0.15) is 11.1 Å². The highest BCUT2D eigenvalue weighted by molar-refractivity contribution is 5.70. The van der Waals surface area contributed by atoms with Crippen molar-refractivity contribution in [3.8, 4) is 11.5 Å².